The molecular formula is C21H21NO3. The first kappa shape index (κ1) is 17.1. The number of rotatable bonds is 2. The summed E-state index contributed by atoms with van der Waals surface area (Å²) in [6.45, 7) is 3.70. The number of aliphatic hydroxyl groups is 1. The highest BCUT2D eigenvalue weighted by Crippen LogP contribution is 2.24. The quantitative estimate of drug-likeness (QED) is 0.829. The minimum absolute atomic E-state index is 0.0616. The zero-order valence-electron chi connectivity index (χ0n) is 14.4. The van der Waals surface area contributed by atoms with E-state index < -0.39 is 5.60 Å². The third-order valence-corrected chi connectivity index (χ3v) is 3.85. The number of benzene rings is 2. The van der Waals surface area contributed by atoms with Gasteiger partial charge < -0.3 is 15.2 Å². The van der Waals surface area contributed by atoms with Gasteiger partial charge in [0.2, 0.25) is 0 Å². The van der Waals surface area contributed by atoms with Crippen molar-refractivity contribution >= 4 is 5.91 Å². The molecule has 3 rings (SSSR count). The maximum absolute atomic E-state index is 12.5. The van der Waals surface area contributed by atoms with Crippen LogP contribution in [-0.2, 0) is 6.42 Å². The van der Waals surface area contributed by atoms with Gasteiger partial charge in [-0.3, -0.25) is 4.79 Å². The molecule has 25 heavy (non-hydrogen) atoms. The van der Waals surface area contributed by atoms with Gasteiger partial charge in [0.05, 0.1) is 6.04 Å². The third kappa shape index (κ3) is 4.62. The molecule has 4 heteroatoms. The lowest BCUT2D eigenvalue weighted by Crippen LogP contribution is -2.42. The maximum atomic E-state index is 12.5. The molecule has 0 aromatic heterocycles. The van der Waals surface area contributed by atoms with Crippen LogP contribution in [0.1, 0.15) is 35.3 Å². The van der Waals surface area contributed by atoms with Gasteiger partial charge in [0.1, 0.15) is 18.0 Å². The van der Waals surface area contributed by atoms with Crippen LogP contribution in [0.15, 0.2) is 48.5 Å². The van der Waals surface area contributed by atoms with Gasteiger partial charge in [0, 0.05) is 11.1 Å². The van der Waals surface area contributed by atoms with Crippen LogP contribution < -0.4 is 10.1 Å². The van der Waals surface area contributed by atoms with E-state index in [1.807, 2.05) is 30.3 Å². The fourth-order valence-electron chi connectivity index (χ4n) is 2.65. The average Bonchev–Trinajstić information content (AvgIpc) is 2.59. The highest BCUT2D eigenvalue weighted by molar-refractivity contribution is 5.94. The lowest BCUT2D eigenvalue weighted by Gasteiger charge is -2.26. The molecule has 0 saturated heterocycles. The molecule has 0 radical (unpaired) electrons. The van der Waals surface area contributed by atoms with Crippen LogP contribution in [0.4, 0.5) is 0 Å². The molecule has 1 aliphatic rings. The van der Waals surface area contributed by atoms with Gasteiger partial charge in [-0.25, -0.2) is 0 Å². The van der Waals surface area contributed by atoms with Crippen molar-refractivity contribution in [3.05, 3.63) is 65.2 Å². The second kappa shape index (κ2) is 7.00. The molecule has 1 amide bonds. The Morgan fingerprint density at radius 2 is 2.04 bits per heavy atom. The van der Waals surface area contributed by atoms with Crippen LogP contribution in [0, 0.1) is 11.8 Å². The van der Waals surface area contributed by atoms with E-state index in [0.717, 1.165) is 17.7 Å². The molecule has 0 fully saturated rings. The Balaban J connectivity index is 1.69. The Hall–Kier alpha value is -2.77. The van der Waals surface area contributed by atoms with E-state index in [0.29, 0.717) is 17.7 Å². The number of hydrogen-bond donors (Lipinski definition) is 2. The van der Waals surface area contributed by atoms with E-state index in [1.165, 1.54) is 0 Å². The molecule has 0 aliphatic carbocycles. The van der Waals surface area contributed by atoms with Gasteiger partial charge in [-0.1, -0.05) is 36.1 Å². The number of hydrogen-bond acceptors (Lipinski definition) is 3. The molecule has 2 aromatic rings. The predicted molar refractivity (Wildman–Crippen MR) is 96.5 cm³/mol. The normalized spacial score (nSPS) is 16.0. The van der Waals surface area contributed by atoms with E-state index in [9.17, 15) is 9.90 Å². The number of amides is 1. The summed E-state index contributed by atoms with van der Waals surface area (Å²) in [6, 6.07) is 14.9. The standard InChI is InChI=1S/C21H21NO3/c1-21(2,24)11-10-15-6-5-8-17(12-15)20(23)22-18-13-16-7-3-4-9-19(16)25-14-18/h3-9,12,18,24H,13-14H2,1-2H3,(H,22,23). The monoisotopic (exact) mass is 335 g/mol. The van der Waals surface area contributed by atoms with E-state index in [2.05, 4.69) is 17.2 Å². The van der Waals surface area contributed by atoms with Gasteiger partial charge in [0.15, 0.2) is 0 Å². The molecule has 0 spiro atoms. The highest BCUT2D eigenvalue weighted by Gasteiger charge is 2.21. The smallest absolute Gasteiger partial charge is 0.251 e. The first-order chi connectivity index (χ1) is 11.9. The average molecular weight is 335 g/mol. The maximum Gasteiger partial charge on any atom is 0.251 e. The second-order valence-corrected chi connectivity index (χ2v) is 6.68. The number of carbonyl (C=O) groups is 1. The fraction of sp³-hybridized carbons (Fsp3) is 0.286. The summed E-state index contributed by atoms with van der Waals surface area (Å²) < 4.78 is 5.71. The zero-order valence-corrected chi connectivity index (χ0v) is 14.4. The summed E-state index contributed by atoms with van der Waals surface area (Å²) >= 11 is 0. The SMILES string of the molecule is CC(C)(O)C#Cc1cccc(C(=O)NC2COc3ccccc3C2)c1. The molecule has 1 unspecified atom stereocenters. The van der Waals surface area contributed by atoms with Crippen molar-refractivity contribution in [2.45, 2.75) is 31.9 Å². The van der Waals surface area contributed by atoms with Crippen LogP contribution in [-0.4, -0.2) is 29.3 Å². The van der Waals surface area contributed by atoms with E-state index in [4.69, 9.17) is 4.74 Å². The Kier molecular flexibility index (Phi) is 4.78. The van der Waals surface area contributed by atoms with Crippen LogP contribution in [0.5, 0.6) is 5.75 Å². The van der Waals surface area contributed by atoms with Crippen molar-refractivity contribution in [3.63, 3.8) is 0 Å². The minimum atomic E-state index is -1.06. The van der Waals surface area contributed by atoms with Crippen molar-refractivity contribution in [1.29, 1.82) is 0 Å². The Morgan fingerprint density at radius 1 is 1.24 bits per heavy atom. The van der Waals surface area contributed by atoms with Crippen molar-refractivity contribution < 1.29 is 14.6 Å². The number of fused-ring (bicyclic) bond motifs is 1. The Morgan fingerprint density at radius 3 is 2.84 bits per heavy atom. The van der Waals surface area contributed by atoms with Crippen LogP contribution in [0.2, 0.25) is 0 Å². The summed E-state index contributed by atoms with van der Waals surface area (Å²) in [5.41, 5.74) is 1.27. The molecule has 0 bridgehead atoms. The molecular weight excluding hydrogens is 314 g/mol. The van der Waals surface area contributed by atoms with Gasteiger partial charge in [-0.2, -0.15) is 0 Å². The first-order valence-electron chi connectivity index (χ1n) is 8.28. The van der Waals surface area contributed by atoms with Gasteiger partial charge >= 0.3 is 0 Å². The summed E-state index contributed by atoms with van der Waals surface area (Å²) in [5.74, 6) is 6.38. The molecule has 1 heterocycles. The lowest BCUT2D eigenvalue weighted by molar-refractivity contribution is 0.0915. The van der Waals surface area contributed by atoms with Crippen LogP contribution in [0.25, 0.3) is 0 Å². The van der Waals surface area contributed by atoms with Gasteiger partial charge in [-0.05, 0) is 50.1 Å². The fourth-order valence-corrected chi connectivity index (χ4v) is 2.65. The van der Waals surface area contributed by atoms with Gasteiger partial charge in [-0.15, -0.1) is 0 Å². The summed E-state index contributed by atoms with van der Waals surface area (Å²) in [5, 5.41) is 12.7. The second-order valence-electron chi connectivity index (χ2n) is 6.68. The largest absolute Gasteiger partial charge is 0.491 e. The minimum Gasteiger partial charge on any atom is -0.491 e. The molecule has 1 aliphatic heterocycles. The molecule has 2 N–H and O–H groups in total. The molecule has 0 saturated carbocycles. The zero-order chi connectivity index (χ0) is 17.9. The van der Waals surface area contributed by atoms with E-state index in [-0.39, 0.29) is 11.9 Å². The summed E-state index contributed by atoms with van der Waals surface area (Å²) in [4.78, 5) is 12.5. The number of nitrogens with one attached hydrogen (secondary N) is 1. The highest BCUT2D eigenvalue weighted by atomic mass is 16.5. The van der Waals surface area contributed by atoms with Crippen molar-refractivity contribution in [2.75, 3.05) is 6.61 Å². The third-order valence-electron chi connectivity index (χ3n) is 3.85. The molecule has 2 aromatic carbocycles. The number of ether oxygens (including phenoxy) is 1. The van der Waals surface area contributed by atoms with Gasteiger partial charge in [0.25, 0.3) is 5.91 Å². The van der Waals surface area contributed by atoms with Crippen LogP contribution >= 0.6 is 0 Å². The Bertz CT molecular complexity index is 840. The molecule has 128 valence electrons. The summed E-state index contributed by atoms with van der Waals surface area (Å²) in [6.07, 6.45) is 0.750. The topological polar surface area (TPSA) is 58.6 Å². The first-order valence-corrected chi connectivity index (χ1v) is 8.28. The number of para-hydroxylation sites is 1. The van der Waals surface area contributed by atoms with Crippen molar-refractivity contribution in [3.8, 4) is 17.6 Å². The molecule has 4 nitrogen and oxygen atoms in total. The van der Waals surface area contributed by atoms with Crippen LogP contribution in [0.3, 0.4) is 0 Å². The molecule has 1 atom stereocenters. The number of carbonyl (C=O) groups excluding carboxylic acids is 1. The Labute approximate surface area is 147 Å². The van der Waals surface area contributed by atoms with E-state index in [1.54, 1.807) is 32.0 Å². The predicted octanol–water partition coefficient (Wildman–Crippen LogP) is 2.54. The van der Waals surface area contributed by atoms with Crippen molar-refractivity contribution in [2.24, 2.45) is 0 Å². The van der Waals surface area contributed by atoms with E-state index >= 15 is 0 Å². The summed E-state index contributed by atoms with van der Waals surface area (Å²) in [7, 11) is 0. The van der Waals surface area contributed by atoms with Crippen molar-refractivity contribution in [1.82, 2.24) is 5.32 Å². The lowest BCUT2D eigenvalue weighted by atomic mass is 10.0.